The molecule has 2 aromatic heterocycles. The number of amides is 1. The maximum absolute atomic E-state index is 12.9. The van der Waals surface area contributed by atoms with Gasteiger partial charge in [0.05, 0.1) is 11.2 Å². The Labute approximate surface area is 193 Å². The molecule has 0 unspecified atom stereocenters. The molecule has 1 amide bonds. The molecule has 0 aliphatic carbocycles. The van der Waals surface area contributed by atoms with E-state index in [1.165, 1.54) is 6.20 Å². The highest BCUT2D eigenvalue weighted by Gasteiger charge is 2.29. The second-order valence-electron chi connectivity index (χ2n) is 9.94. The van der Waals surface area contributed by atoms with Gasteiger partial charge in [0.1, 0.15) is 27.4 Å². The molecule has 3 heterocycles. The molecule has 32 heavy (non-hydrogen) atoms. The Balaban J connectivity index is 1.83. The summed E-state index contributed by atoms with van der Waals surface area (Å²) in [5.41, 5.74) is 0.796. The number of carbonyl (C=O) groups is 2. The predicted molar refractivity (Wildman–Crippen MR) is 124 cm³/mol. The van der Waals surface area contributed by atoms with Crippen LogP contribution in [0.15, 0.2) is 18.3 Å². The SMILES string of the molecule is CC(C)(C)OC(=O)c1cnc2ccc(Cl)nc2c1NC1CCN(C(=O)OC(C)(C)C)CC1. The van der Waals surface area contributed by atoms with Crippen LogP contribution in [0.5, 0.6) is 0 Å². The van der Waals surface area contributed by atoms with E-state index in [4.69, 9.17) is 21.1 Å². The van der Waals surface area contributed by atoms with E-state index in [0.717, 1.165) is 0 Å². The van der Waals surface area contributed by atoms with Crippen molar-refractivity contribution >= 4 is 40.4 Å². The van der Waals surface area contributed by atoms with Gasteiger partial charge in [0, 0.05) is 25.3 Å². The van der Waals surface area contributed by atoms with Gasteiger partial charge in [-0.25, -0.2) is 14.6 Å². The van der Waals surface area contributed by atoms with Crippen molar-refractivity contribution in [1.82, 2.24) is 14.9 Å². The molecule has 1 N–H and O–H groups in total. The van der Waals surface area contributed by atoms with Crippen molar-refractivity contribution in [1.29, 1.82) is 0 Å². The average molecular weight is 463 g/mol. The number of fused-ring (bicyclic) bond motifs is 1. The molecule has 3 rings (SSSR count). The monoisotopic (exact) mass is 462 g/mol. The van der Waals surface area contributed by atoms with Gasteiger partial charge in [-0.1, -0.05) is 11.6 Å². The first kappa shape index (κ1) is 24.0. The first-order valence-electron chi connectivity index (χ1n) is 10.8. The summed E-state index contributed by atoms with van der Waals surface area (Å²) in [5.74, 6) is -0.484. The van der Waals surface area contributed by atoms with Gasteiger partial charge in [0.25, 0.3) is 0 Å². The fourth-order valence-corrected chi connectivity index (χ4v) is 3.56. The molecule has 0 saturated carbocycles. The highest BCUT2D eigenvalue weighted by atomic mass is 35.5. The molecule has 174 valence electrons. The van der Waals surface area contributed by atoms with Gasteiger partial charge in [-0.2, -0.15) is 0 Å². The van der Waals surface area contributed by atoms with E-state index in [1.807, 2.05) is 41.5 Å². The smallest absolute Gasteiger partial charge is 0.410 e. The number of nitrogens with zero attached hydrogens (tertiary/aromatic N) is 3. The van der Waals surface area contributed by atoms with Crippen LogP contribution in [0.3, 0.4) is 0 Å². The summed E-state index contributed by atoms with van der Waals surface area (Å²) in [4.78, 5) is 35.7. The van der Waals surface area contributed by atoms with Gasteiger partial charge in [0.15, 0.2) is 0 Å². The molecule has 1 aliphatic heterocycles. The maximum Gasteiger partial charge on any atom is 0.410 e. The van der Waals surface area contributed by atoms with E-state index < -0.39 is 17.2 Å². The average Bonchev–Trinajstić information content (AvgIpc) is 2.66. The van der Waals surface area contributed by atoms with Crippen LogP contribution in [0.1, 0.15) is 64.7 Å². The van der Waals surface area contributed by atoms with E-state index in [2.05, 4.69) is 15.3 Å². The number of ether oxygens (including phenoxy) is 2. The summed E-state index contributed by atoms with van der Waals surface area (Å²) in [6.07, 6.45) is 2.58. The second-order valence-corrected chi connectivity index (χ2v) is 10.3. The number of hydrogen-bond acceptors (Lipinski definition) is 7. The summed E-state index contributed by atoms with van der Waals surface area (Å²) in [6.45, 7) is 12.1. The summed E-state index contributed by atoms with van der Waals surface area (Å²) in [5, 5.41) is 3.76. The molecule has 1 aliphatic rings. The highest BCUT2D eigenvalue weighted by molar-refractivity contribution is 6.29. The lowest BCUT2D eigenvalue weighted by atomic mass is 10.0. The first-order valence-corrected chi connectivity index (χ1v) is 11.1. The minimum absolute atomic E-state index is 0.0289. The third-order valence-electron chi connectivity index (χ3n) is 4.79. The normalized spacial score (nSPS) is 15.5. The van der Waals surface area contributed by atoms with E-state index >= 15 is 0 Å². The van der Waals surface area contributed by atoms with Crippen LogP contribution in [-0.2, 0) is 9.47 Å². The van der Waals surface area contributed by atoms with Crippen LogP contribution in [0.25, 0.3) is 11.0 Å². The van der Waals surface area contributed by atoms with E-state index in [-0.39, 0.29) is 12.1 Å². The van der Waals surface area contributed by atoms with Gasteiger partial charge in [0.2, 0.25) is 0 Å². The van der Waals surface area contributed by atoms with Crippen molar-refractivity contribution in [2.24, 2.45) is 0 Å². The fourth-order valence-electron chi connectivity index (χ4n) is 3.41. The maximum atomic E-state index is 12.9. The van der Waals surface area contributed by atoms with Crippen LogP contribution < -0.4 is 5.32 Å². The van der Waals surface area contributed by atoms with E-state index in [1.54, 1.807) is 17.0 Å². The molecule has 0 radical (unpaired) electrons. The van der Waals surface area contributed by atoms with Gasteiger partial charge in [-0.15, -0.1) is 0 Å². The predicted octanol–water partition coefficient (Wildman–Crippen LogP) is 5.05. The third kappa shape index (κ3) is 6.22. The Morgan fingerprint density at radius 1 is 1.06 bits per heavy atom. The molecule has 0 atom stereocenters. The number of carbonyl (C=O) groups excluding carboxylic acids is 2. The molecule has 0 spiro atoms. The highest BCUT2D eigenvalue weighted by Crippen LogP contribution is 2.30. The number of anilines is 1. The molecule has 1 saturated heterocycles. The quantitative estimate of drug-likeness (QED) is 0.503. The number of nitrogens with one attached hydrogen (secondary N) is 1. The Kier molecular flexibility index (Phi) is 6.83. The number of hydrogen-bond donors (Lipinski definition) is 1. The van der Waals surface area contributed by atoms with Crippen molar-refractivity contribution in [2.75, 3.05) is 18.4 Å². The second kappa shape index (κ2) is 9.10. The van der Waals surface area contributed by atoms with Gasteiger partial charge < -0.3 is 19.7 Å². The van der Waals surface area contributed by atoms with Crippen molar-refractivity contribution in [3.63, 3.8) is 0 Å². The largest absolute Gasteiger partial charge is 0.456 e. The van der Waals surface area contributed by atoms with Gasteiger partial charge in [-0.3, -0.25) is 4.98 Å². The number of rotatable bonds is 3. The Morgan fingerprint density at radius 3 is 2.28 bits per heavy atom. The van der Waals surface area contributed by atoms with Crippen LogP contribution in [0.2, 0.25) is 5.15 Å². The van der Waals surface area contributed by atoms with Crippen molar-refractivity contribution < 1.29 is 19.1 Å². The minimum atomic E-state index is -0.649. The number of aromatic nitrogens is 2. The Bertz CT molecular complexity index is 1010. The fraction of sp³-hybridized carbons (Fsp3) is 0.565. The number of pyridine rings is 2. The Hall–Kier alpha value is -2.61. The molecule has 1 fully saturated rings. The minimum Gasteiger partial charge on any atom is -0.456 e. The molecule has 2 aromatic rings. The van der Waals surface area contributed by atoms with Crippen LogP contribution in [0, 0.1) is 0 Å². The van der Waals surface area contributed by atoms with Crippen molar-refractivity contribution in [3.05, 3.63) is 29.0 Å². The number of piperidine rings is 1. The lowest BCUT2D eigenvalue weighted by Crippen LogP contribution is -2.44. The number of likely N-dealkylation sites (tertiary alicyclic amines) is 1. The number of esters is 1. The molecule has 8 nitrogen and oxygen atoms in total. The van der Waals surface area contributed by atoms with E-state index in [9.17, 15) is 9.59 Å². The third-order valence-corrected chi connectivity index (χ3v) is 5.00. The molecule has 0 bridgehead atoms. The summed E-state index contributed by atoms with van der Waals surface area (Å²) < 4.78 is 11.0. The van der Waals surface area contributed by atoms with E-state index in [0.29, 0.717) is 53.4 Å². The molecular weight excluding hydrogens is 432 g/mol. The zero-order valence-corrected chi connectivity index (χ0v) is 20.2. The Morgan fingerprint density at radius 2 is 1.69 bits per heavy atom. The van der Waals surface area contributed by atoms with Crippen LogP contribution in [0.4, 0.5) is 10.5 Å². The van der Waals surface area contributed by atoms with Gasteiger partial charge in [-0.05, 0) is 66.5 Å². The zero-order chi connectivity index (χ0) is 23.7. The summed E-state index contributed by atoms with van der Waals surface area (Å²) in [7, 11) is 0. The standard InChI is InChI=1S/C23H31ClN4O4/c1-22(2,3)31-20(29)15-13-25-16-7-8-17(24)27-19(16)18(15)26-14-9-11-28(12-10-14)21(30)32-23(4,5)6/h7-8,13-14H,9-12H2,1-6H3,(H,25,26). The van der Waals surface area contributed by atoms with Crippen LogP contribution >= 0.6 is 11.6 Å². The van der Waals surface area contributed by atoms with Crippen LogP contribution in [-0.4, -0.2) is 57.3 Å². The van der Waals surface area contributed by atoms with Gasteiger partial charge >= 0.3 is 12.1 Å². The lowest BCUT2D eigenvalue weighted by Gasteiger charge is -2.34. The summed E-state index contributed by atoms with van der Waals surface area (Å²) in [6, 6.07) is 3.45. The van der Waals surface area contributed by atoms with Crippen molar-refractivity contribution in [3.8, 4) is 0 Å². The topological polar surface area (TPSA) is 93.6 Å². The molecule has 0 aromatic carbocycles. The first-order chi connectivity index (χ1) is 14.8. The lowest BCUT2D eigenvalue weighted by molar-refractivity contribution is 0.00698. The zero-order valence-electron chi connectivity index (χ0n) is 19.5. The van der Waals surface area contributed by atoms with Crippen molar-refractivity contribution in [2.45, 2.75) is 71.6 Å². The molecular formula is C23H31ClN4O4. The number of halogens is 1. The summed E-state index contributed by atoms with van der Waals surface area (Å²) >= 11 is 6.14. The molecule has 9 heteroatoms.